The van der Waals surface area contributed by atoms with Crippen LogP contribution in [0.15, 0.2) is 12.2 Å². The number of ether oxygens (including phenoxy) is 4. The summed E-state index contributed by atoms with van der Waals surface area (Å²) in [6.07, 6.45) is 38.3. The minimum Gasteiger partial charge on any atom is -0.457 e. The zero-order valence-corrected chi connectivity index (χ0v) is 37.1. The normalized spacial score (nSPS) is 20.4. The summed E-state index contributed by atoms with van der Waals surface area (Å²) in [5.41, 5.74) is 0. The van der Waals surface area contributed by atoms with Crippen LogP contribution in [0.4, 0.5) is 0 Å². The van der Waals surface area contributed by atoms with Gasteiger partial charge >= 0.3 is 5.97 Å². The van der Waals surface area contributed by atoms with E-state index in [4.69, 9.17) is 18.9 Å². The van der Waals surface area contributed by atoms with Gasteiger partial charge in [0, 0.05) is 13.0 Å². The molecular weight excluding hydrogens is 721 g/mol. The summed E-state index contributed by atoms with van der Waals surface area (Å²) in [7, 11) is 0. The van der Waals surface area contributed by atoms with Crippen molar-refractivity contribution in [3.8, 4) is 0 Å². The average Bonchev–Trinajstić information content (AvgIpc) is 3.21. The Bertz CT molecular complexity index is 884. The smallest absolute Gasteiger partial charge is 0.306 e. The van der Waals surface area contributed by atoms with Gasteiger partial charge in [0.1, 0.15) is 30.5 Å². The van der Waals surface area contributed by atoms with Gasteiger partial charge in [-0.3, -0.25) is 4.79 Å². The van der Waals surface area contributed by atoms with Crippen molar-refractivity contribution in [3.05, 3.63) is 12.2 Å². The summed E-state index contributed by atoms with van der Waals surface area (Å²) in [6, 6.07) is 0. The number of aliphatic hydroxyl groups is 4. The summed E-state index contributed by atoms with van der Waals surface area (Å²) < 4.78 is 22.8. The summed E-state index contributed by atoms with van der Waals surface area (Å²) in [4.78, 5) is 12.7. The molecular formula is C48H92O9. The molecule has 0 radical (unpaired) electrons. The minimum atomic E-state index is -1.53. The predicted molar refractivity (Wildman–Crippen MR) is 233 cm³/mol. The number of allylic oxidation sites excluding steroid dienone is 2. The van der Waals surface area contributed by atoms with Crippen LogP contribution in [0.5, 0.6) is 0 Å². The molecule has 0 aliphatic carbocycles. The van der Waals surface area contributed by atoms with Crippen LogP contribution in [-0.4, -0.2) is 89.6 Å². The first-order chi connectivity index (χ1) is 27.9. The molecule has 0 aromatic heterocycles. The van der Waals surface area contributed by atoms with Crippen molar-refractivity contribution in [3.63, 3.8) is 0 Å². The van der Waals surface area contributed by atoms with Gasteiger partial charge < -0.3 is 39.4 Å². The van der Waals surface area contributed by atoms with Crippen molar-refractivity contribution in [2.45, 2.75) is 263 Å². The number of esters is 1. The van der Waals surface area contributed by atoms with Crippen molar-refractivity contribution in [1.29, 1.82) is 0 Å². The van der Waals surface area contributed by atoms with Crippen molar-refractivity contribution >= 4 is 5.97 Å². The van der Waals surface area contributed by atoms with E-state index in [0.29, 0.717) is 13.0 Å². The van der Waals surface area contributed by atoms with E-state index in [1.54, 1.807) is 0 Å². The maximum Gasteiger partial charge on any atom is 0.306 e. The zero-order valence-electron chi connectivity index (χ0n) is 37.1. The highest BCUT2D eigenvalue weighted by Gasteiger charge is 2.44. The Balaban J connectivity index is 2.15. The van der Waals surface area contributed by atoms with Crippen LogP contribution < -0.4 is 0 Å². The largest absolute Gasteiger partial charge is 0.457 e. The second-order valence-electron chi connectivity index (χ2n) is 16.9. The van der Waals surface area contributed by atoms with Crippen LogP contribution in [0.3, 0.4) is 0 Å². The molecule has 0 aromatic rings. The lowest BCUT2D eigenvalue weighted by atomic mass is 9.99. The van der Waals surface area contributed by atoms with E-state index in [1.165, 1.54) is 154 Å². The monoisotopic (exact) mass is 813 g/mol. The van der Waals surface area contributed by atoms with Crippen LogP contribution in [0, 0.1) is 0 Å². The Labute approximate surface area is 350 Å². The highest BCUT2D eigenvalue weighted by molar-refractivity contribution is 5.69. The maximum absolute atomic E-state index is 12.7. The first kappa shape index (κ1) is 53.9. The molecule has 1 saturated heterocycles. The fourth-order valence-electron chi connectivity index (χ4n) is 7.59. The van der Waals surface area contributed by atoms with Gasteiger partial charge in [0.15, 0.2) is 6.29 Å². The van der Waals surface area contributed by atoms with Gasteiger partial charge in [-0.2, -0.15) is 0 Å². The maximum atomic E-state index is 12.7. The molecule has 0 amide bonds. The quantitative estimate of drug-likeness (QED) is 0.0270. The lowest BCUT2D eigenvalue weighted by Gasteiger charge is -2.39. The number of hydrogen-bond donors (Lipinski definition) is 4. The molecule has 4 N–H and O–H groups in total. The SMILES string of the molecule is CCCC/C=C\CCCCCCCC(=O)OC(COCCCCCCCCCCCCCCCCCCCCCCCCC)COC1OC(CO)C(O)C(O)C1O. The summed E-state index contributed by atoms with van der Waals surface area (Å²) in [5, 5.41) is 40.1. The first-order valence-electron chi connectivity index (χ1n) is 24.3. The van der Waals surface area contributed by atoms with Crippen molar-refractivity contribution in [2.75, 3.05) is 26.4 Å². The summed E-state index contributed by atoms with van der Waals surface area (Å²) in [6.45, 7) is 4.55. The van der Waals surface area contributed by atoms with Gasteiger partial charge in [-0.15, -0.1) is 0 Å². The first-order valence-corrected chi connectivity index (χ1v) is 24.3. The van der Waals surface area contributed by atoms with Gasteiger partial charge in [-0.1, -0.05) is 199 Å². The molecule has 6 atom stereocenters. The Kier molecular flexibility index (Phi) is 38.2. The van der Waals surface area contributed by atoms with Crippen LogP contribution >= 0.6 is 0 Å². The molecule has 9 heteroatoms. The molecule has 1 aliphatic heterocycles. The molecule has 57 heavy (non-hydrogen) atoms. The average molecular weight is 813 g/mol. The molecule has 1 fully saturated rings. The molecule has 9 nitrogen and oxygen atoms in total. The van der Waals surface area contributed by atoms with E-state index in [0.717, 1.165) is 51.4 Å². The molecule has 0 spiro atoms. The van der Waals surface area contributed by atoms with Crippen molar-refractivity contribution < 1.29 is 44.2 Å². The van der Waals surface area contributed by atoms with E-state index >= 15 is 0 Å². The second kappa shape index (κ2) is 40.3. The van der Waals surface area contributed by atoms with E-state index in [-0.39, 0.29) is 19.2 Å². The predicted octanol–water partition coefficient (Wildman–Crippen LogP) is 11.2. The van der Waals surface area contributed by atoms with Crippen molar-refractivity contribution in [1.82, 2.24) is 0 Å². The fraction of sp³-hybridized carbons (Fsp3) is 0.938. The lowest BCUT2D eigenvalue weighted by Crippen LogP contribution is -2.59. The molecule has 1 aliphatic rings. The van der Waals surface area contributed by atoms with E-state index < -0.39 is 43.4 Å². The Morgan fingerprint density at radius 1 is 0.544 bits per heavy atom. The molecule has 338 valence electrons. The third kappa shape index (κ3) is 31.5. The zero-order chi connectivity index (χ0) is 41.4. The van der Waals surface area contributed by atoms with E-state index in [1.807, 2.05) is 0 Å². The van der Waals surface area contributed by atoms with Crippen LogP contribution in [-0.2, 0) is 23.7 Å². The third-order valence-corrected chi connectivity index (χ3v) is 11.4. The van der Waals surface area contributed by atoms with Crippen molar-refractivity contribution in [2.24, 2.45) is 0 Å². The number of carbonyl (C=O) groups is 1. The van der Waals surface area contributed by atoms with Gasteiger partial charge in [0.05, 0.1) is 19.8 Å². The summed E-state index contributed by atoms with van der Waals surface area (Å²) >= 11 is 0. The lowest BCUT2D eigenvalue weighted by molar-refractivity contribution is -0.305. The number of rotatable bonds is 42. The molecule has 0 bridgehead atoms. The summed E-state index contributed by atoms with van der Waals surface area (Å²) in [5.74, 6) is -0.320. The third-order valence-electron chi connectivity index (χ3n) is 11.4. The van der Waals surface area contributed by atoms with E-state index in [2.05, 4.69) is 26.0 Å². The number of aliphatic hydroxyl groups excluding tert-OH is 4. The second-order valence-corrected chi connectivity index (χ2v) is 16.9. The Hall–Kier alpha value is -1.07. The fourth-order valence-corrected chi connectivity index (χ4v) is 7.59. The molecule has 0 saturated carbocycles. The van der Waals surface area contributed by atoms with Gasteiger partial charge in [0.25, 0.3) is 0 Å². The minimum absolute atomic E-state index is 0.112. The molecule has 6 unspecified atom stereocenters. The van der Waals surface area contributed by atoms with E-state index in [9.17, 15) is 25.2 Å². The number of carbonyl (C=O) groups excluding carboxylic acids is 1. The van der Waals surface area contributed by atoms with Crippen LogP contribution in [0.25, 0.3) is 0 Å². The van der Waals surface area contributed by atoms with Crippen LogP contribution in [0.2, 0.25) is 0 Å². The number of hydrogen-bond acceptors (Lipinski definition) is 9. The topological polar surface area (TPSA) is 135 Å². The number of unbranched alkanes of at least 4 members (excludes halogenated alkanes) is 29. The highest BCUT2D eigenvalue weighted by atomic mass is 16.7. The Morgan fingerprint density at radius 2 is 0.982 bits per heavy atom. The van der Waals surface area contributed by atoms with Crippen LogP contribution in [0.1, 0.15) is 226 Å². The van der Waals surface area contributed by atoms with Gasteiger partial charge in [-0.05, 0) is 32.1 Å². The standard InChI is InChI=1S/C48H92O9/c1-3-5-7-9-11-13-15-16-17-18-19-20-21-22-23-24-25-26-28-30-32-34-36-38-54-40-42(41-55-48-47(53)46(52)45(51)43(39-49)57-48)56-44(50)37-35-33-31-29-27-14-12-10-8-6-4-2/h10,12,42-43,45-49,51-53H,3-9,11,13-41H2,1-2H3/b12-10-. The highest BCUT2D eigenvalue weighted by Crippen LogP contribution is 2.23. The molecule has 1 rings (SSSR count). The van der Waals surface area contributed by atoms with Gasteiger partial charge in [0.2, 0.25) is 0 Å². The molecule has 1 heterocycles. The molecule has 0 aromatic carbocycles. The van der Waals surface area contributed by atoms with Gasteiger partial charge in [-0.25, -0.2) is 0 Å². The Morgan fingerprint density at radius 3 is 1.47 bits per heavy atom.